The number of rotatable bonds is 8. The number of imide groups is 1. The SMILES string of the molecule is Cc1ccc(S(=O)(=O)N(Cc2ccccc2)C(=O)/C(Br)=C/CCN2C(=O)c3ccccc3C2=O)cc1. The van der Waals surface area contributed by atoms with Crippen LogP contribution in [0.1, 0.15) is 38.3 Å². The molecule has 3 aromatic carbocycles. The van der Waals surface area contributed by atoms with Crippen molar-refractivity contribution in [2.45, 2.75) is 24.8 Å². The molecule has 0 aliphatic carbocycles. The highest BCUT2D eigenvalue weighted by Crippen LogP contribution is 2.25. The van der Waals surface area contributed by atoms with Crippen molar-refractivity contribution in [1.82, 2.24) is 9.21 Å². The Morgan fingerprint density at radius 3 is 2.03 bits per heavy atom. The number of hydrogen-bond donors (Lipinski definition) is 0. The Morgan fingerprint density at radius 1 is 0.889 bits per heavy atom. The van der Waals surface area contributed by atoms with Crippen LogP contribution in [0.25, 0.3) is 0 Å². The highest BCUT2D eigenvalue weighted by Gasteiger charge is 2.35. The smallest absolute Gasteiger partial charge is 0.274 e. The minimum Gasteiger partial charge on any atom is -0.274 e. The maximum absolute atomic E-state index is 13.4. The third-order valence-electron chi connectivity index (χ3n) is 5.76. The Hall–Kier alpha value is -3.56. The largest absolute Gasteiger partial charge is 0.274 e. The summed E-state index contributed by atoms with van der Waals surface area (Å²) in [6.45, 7) is 1.74. The van der Waals surface area contributed by atoms with E-state index >= 15 is 0 Å². The first-order chi connectivity index (χ1) is 17.2. The first-order valence-corrected chi connectivity index (χ1v) is 13.4. The zero-order valence-corrected chi connectivity index (χ0v) is 21.8. The van der Waals surface area contributed by atoms with Gasteiger partial charge < -0.3 is 0 Å². The fourth-order valence-corrected chi connectivity index (χ4v) is 5.75. The van der Waals surface area contributed by atoms with Crippen molar-refractivity contribution in [3.63, 3.8) is 0 Å². The number of benzene rings is 3. The molecular formula is C27H23BrN2O5S. The van der Waals surface area contributed by atoms with Gasteiger partial charge in [-0.05, 0) is 59.1 Å². The van der Waals surface area contributed by atoms with Gasteiger partial charge in [-0.1, -0.05) is 66.2 Å². The molecule has 0 unspecified atom stereocenters. The average Bonchev–Trinajstić information content (AvgIpc) is 3.12. The summed E-state index contributed by atoms with van der Waals surface area (Å²) in [5.74, 6) is -1.53. The van der Waals surface area contributed by atoms with E-state index in [0.717, 1.165) is 14.8 Å². The number of carbonyl (C=O) groups is 3. The quantitative estimate of drug-likeness (QED) is 0.291. The summed E-state index contributed by atoms with van der Waals surface area (Å²) in [4.78, 5) is 39.6. The standard InChI is InChI=1S/C27H23BrN2O5S/c1-19-13-15-21(16-14-19)36(34,35)30(18-20-8-3-2-4-9-20)27(33)24(28)12-7-17-29-25(31)22-10-5-6-11-23(22)26(29)32/h2-6,8-16H,7,17-18H2,1H3/b24-12-. The molecule has 184 valence electrons. The number of carbonyl (C=O) groups excluding carboxylic acids is 3. The molecule has 7 nitrogen and oxygen atoms in total. The van der Waals surface area contributed by atoms with E-state index < -0.39 is 15.9 Å². The van der Waals surface area contributed by atoms with Crippen LogP contribution in [0.3, 0.4) is 0 Å². The molecule has 1 heterocycles. The van der Waals surface area contributed by atoms with Crippen LogP contribution in [-0.2, 0) is 21.4 Å². The highest BCUT2D eigenvalue weighted by molar-refractivity contribution is 9.12. The molecule has 1 aliphatic heterocycles. The second kappa shape index (κ2) is 10.6. The molecule has 36 heavy (non-hydrogen) atoms. The van der Waals surface area contributed by atoms with Gasteiger partial charge >= 0.3 is 0 Å². The third kappa shape index (κ3) is 5.17. The fraction of sp³-hybridized carbons (Fsp3) is 0.148. The average molecular weight is 567 g/mol. The molecule has 3 aromatic rings. The van der Waals surface area contributed by atoms with Crippen LogP contribution < -0.4 is 0 Å². The Balaban J connectivity index is 1.55. The maximum Gasteiger partial charge on any atom is 0.274 e. The number of sulfonamides is 1. The van der Waals surface area contributed by atoms with E-state index in [1.165, 1.54) is 18.2 Å². The molecule has 0 bridgehead atoms. The van der Waals surface area contributed by atoms with Crippen LogP contribution in [0.2, 0.25) is 0 Å². The van der Waals surface area contributed by atoms with E-state index in [1.54, 1.807) is 66.7 Å². The van der Waals surface area contributed by atoms with Crippen molar-refractivity contribution in [1.29, 1.82) is 0 Å². The van der Waals surface area contributed by atoms with Crippen molar-refractivity contribution in [3.8, 4) is 0 Å². The summed E-state index contributed by atoms with van der Waals surface area (Å²) < 4.78 is 27.7. The third-order valence-corrected chi connectivity index (χ3v) is 8.17. The number of halogens is 1. The lowest BCUT2D eigenvalue weighted by atomic mass is 10.1. The van der Waals surface area contributed by atoms with Crippen molar-refractivity contribution < 1.29 is 22.8 Å². The molecular weight excluding hydrogens is 544 g/mol. The fourth-order valence-electron chi connectivity index (χ4n) is 3.82. The van der Waals surface area contributed by atoms with E-state index in [4.69, 9.17) is 0 Å². The Morgan fingerprint density at radius 2 is 1.44 bits per heavy atom. The number of aryl methyl sites for hydroxylation is 1. The van der Waals surface area contributed by atoms with E-state index in [2.05, 4.69) is 15.9 Å². The lowest BCUT2D eigenvalue weighted by Crippen LogP contribution is -2.36. The number of nitrogens with zero attached hydrogens (tertiary/aromatic N) is 2. The van der Waals surface area contributed by atoms with E-state index in [1.807, 2.05) is 6.92 Å². The van der Waals surface area contributed by atoms with Crippen LogP contribution in [-0.4, -0.2) is 41.9 Å². The van der Waals surface area contributed by atoms with Gasteiger partial charge in [0.2, 0.25) is 0 Å². The summed E-state index contributed by atoms with van der Waals surface area (Å²) in [5, 5.41) is 0. The molecule has 3 amide bonds. The Labute approximate surface area is 218 Å². The second-order valence-corrected chi connectivity index (χ2v) is 11.0. The summed E-state index contributed by atoms with van der Waals surface area (Å²) in [5.41, 5.74) is 2.23. The normalized spacial score (nSPS) is 13.6. The first kappa shape index (κ1) is 25.5. The predicted molar refractivity (Wildman–Crippen MR) is 139 cm³/mol. The van der Waals surface area contributed by atoms with E-state index in [9.17, 15) is 22.8 Å². The molecule has 0 fully saturated rings. The van der Waals surface area contributed by atoms with Gasteiger partial charge in [-0.25, -0.2) is 12.7 Å². The molecule has 0 N–H and O–H groups in total. The van der Waals surface area contributed by atoms with Gasteiger partial charge in [0.25, 0.3) is 27.7 Å². The molecule has 0 spiro atoms. The van der Waals surface area contributed by atoms with Crippen molar-refractivity contribution in [2.24, 2.45) is 0 Å². The number of hydrogen-bond acceptors (Lipinski definition) is 5. The van der Waals surface area contributed by atoms with Gasteiger partial charge in [0.15, 0.2) is 0 Å². The predicted octanol–water partition coefficient (Wildman–Crippen LogP) is 4.68. The van der Waals surface area contributed by atoms with Gasteiger partial charge in [-0.15, -0.1) is 0 Å². The lowest BCUT2D eigenvalue weighted by Gasteiger charge is -2.23. The van der Waals surface area contributed by atoms with Crippen molar-refractivity contribution >= 4 is 43.7 Å². The molecule has 0 atom stereocenters. The monoisotopic (exact) mass is 566 g/mol. The van der Waals surface area contributed by atoms with Crippen LogP contribution in [0.4, 0.5) is 0 Å². The molecule has 9 heteroatoms. The van der Waals surface area contributed by atoms with Crippen LogP contribution in [0.5, 0.6) is 0 Å². The van der Waals surface area contributed by atoms with Crippen molar-refractivity contribution in [2.75, 3.05) is 6.54 Å². The number of amides is 3. The van der Waals surface area contributed by atoms with Crippen molar-refractivity contribution in [3.05, 3.63) is 112 Å². The summed E-state index contributed by atoms with van der Waals surface area (Å²) in [6.07, 6.45) is 1.65. The molecule has 0 aromatic heterocycles. The summed E-state index contributed by atoms with van der Waals surface area (Å²) >= 11 is 3.22. The van der Waals surface area contributed by atoms with Crippen LogP contribution in [0, 0.1) is 6.92 Å². The minimum atomic E-state index is -4.16. The van der Waals surface area contributed by atoms with Gasteiger partial charge in [-0.2, -0.15) is 0 Å². The Bertz CT molecular complexity index is 1420. The maximum atomic E-state index is 13.4. The van der Waals surface area contributed by atoms with Crippen LogP contribution in [0.15, 0.2) is 94.3 Å². The van der Waals surface area contributed by atoms with Gasteiger partial charge in [0.05, 0.1) is 27.0 Å². The van der Waals surface area contributed by atoms with Gasteiger partial charge in [0, 0.05) is 6.54 Å². The lowest BCUT2D eigenvalue weighted by molar-refractivity contribution is -0.122. The molecule has 0 radical (unpaired) electrons. The zero-order chi connectivity index (χ0) is 25.9. The van der Waals surface area contributed by atoms with Crippen LogP contribution >= 0.6 is 15.9 Å². The molecule has 0 saturated heterocycles. The Kier molecular flexibility index (Phi) is 7.51. The summed E-state index contributed by atoms with van der Waals surface area (Å²) in [7, 11) is -4.16. The topological polar surface area (TPSA) is 91.8 Å². The molecule has 0 saturated carbocycles. The van der Waals surface area contributed by atoms with E-state index in [0.29, 0.717) is 16.7 Å². The zero-order valence-electron chi connectivity index (χ0n) is 19.4. The summed E-state index contributed by atoms with van der Waals surface area (Å²) in [6, 6.07) is 21.7. The minimum absolute atomic E-state index is 0.00343. The molecule has 1 aliphatic rings. The van der Waals surface area contributed by atoms with Gasteiger partial charge in [-0.3, -0.25) is 19.3 Å². The molecule has 4 rings (SSSR count). The second-order valence-electron chi connectivity index (χ2n) is 8.26. The van der Waals surface area contributed by atoms with Gasteiger partial charge in [0.1, 0.15) is 0 Å². The first-order valence-electron chi connectivity index (χ1n) is 11.2. The number of fused-ring (bicyclic) bond motifs is 1. The van der Waals surface area contributed by atoms with E-state index in [-0.39, 0.29) is 40.7 Å². The highest BCUT2D eigenvalue weighted by atomic mass is 79.9.